The Kier molecular flexibility index (Phi) is 2.44. The summed E-state index contributed by atoms with van der Waals surface area (Å²) in [6.45, 7) is 1.06. The number of allylic oxidation sites excluding steroid dienone is 2. The molecule has 2 heterocycles. The van der Waals surface area contributed by atoms with Crippen molar-refractivity contribution in [2.24, 2.45) is 5.92 Å². The number of hydrogen-bond acceptors (Lipinski definition) is 3. The first-order valence-electron chi connectivity index (χ1n) is 5.84. The molecule has 1 fully saturated rings. The predicted molar refractivity (Wildman–Crippen MR) is 64.2 cm³/mol. The van der Waals surface area contributed by atoms with Crippen LogP contribution in [0, 0.1) is 5.92 Å². The van der Waals surface area contributed by atoms with Crippen molar-refractivity contribution in [1.29, 1.82) is 0 Å². The van der Waals surface area contributed by atoms with E-state index in [1.165, 1.54) is 12.8 Å². The van der Waals surface area contributed by atoms with E-state index in [0.717, 1.165) is 12.5 Å². The summed E-state index contributed by atoms with van der Waals surface area (Å²) < 4.78 is 0. The lowest BCUT2D eigenvalue weighted by Gasteiger charge is -2.39. The predicted octanol–water partition coefficient (Wildman–Crippen LogP) is 2.19. The highest BCUT2D eigenvalue weighted by atomic mass is 15.3. The molecule has 0 radical (unpaired) electrons. The molecular formula is C13H15N3. The zero-order chi connectivity index (χ0) is 10.8. The Morgan fingerprint density at radius 1 is 1.12 bits per heavy atom. The number of fused-ring (bicyclic) bond motifs is 1. The average Bonchev–Trinajstić information content (AvgIpc) is 2.39. The number of nitrogens with zero attached hydrogens (tertiary/aromatic N) is 3. The van der Waals surface area contributed by atoms with E-state index in [-0.39, 0.29) is 0 Å². The van der Waals surface area contributed by atoms with Gasteiger partial charge in [0.25, 0.3) is 0 Å². The molecular weight excluding hydrogens is 198 g/mol. The minimum absolute atomic E-state index is 0.446. The van der Waals surface area contributed by atoms with Crippen molar-refractivity contribution < 1.29 is 0 Å². The Balaban J connectivity index is 1.90. The highest BCUT2D eigenvalue weighted by molar-refractivity contribution is 5.37. The topological polar surface area (TPSA) is 29.0 Å². The maximum Gasteiger partial charge on any atom is 0.225 e. The highest BCUT2D eigenvalue weighted by Gasteiger charge is 2.30. The molecule has 0 aromatic carbocycles. The van der Waals surface area contributed by atoms with Crippen molar-refractivity contribution in [2.75, 3.05) is 11.4 Å². The summed E-state index contributed by atoms with van der Waals surface area (Å²) in [5.41, 5.74) is 0. The first-order chi connectivity index (χ1) is 7.95. The van der Waals surface area contributed by atoms with Gasteiger partial charge in [0, 0.05) is 24.9 Å². The third-order valence-corrected chi connectivity index (χ3v) is 3.32. The van der Waals surface area contributed by atoms with Crippen molar-refractivity contribution >= 4 is 5.95 Å². The third kappa shape index (κ3) is 1.62. The average molecular weight is 213 g/mol. The summed E-state index contributed by atoms with van der Waals surface area (Å²) in [6, 6.07) is 2.31. The fourth-order valence-corrected chi connectivity index (χ4v) is 2.56. The van der Waals surface area contributed by atoms with Crippen LogP contribution in [0.1, 0.15) is 12.8 Å². The Morgan fingerprint density at radius 3 is 2.81 bits per heavy atom. The Hall–Kier alpha value is -1.64. The van der Waals surface area contributed by atoms with E-state index in [1.807, 2.05) is 18.5 Å². The molecule has 3 nitrogen and oxygen atoms in total. The van der Waals surface area contributed by atoms with Crippen molar-refractivity contribution in [3.05, 3.63) is 42.8 Å². The number of piperidine rings is 1. The molecule has 0 saturated carbocycles. The van der Waals surface area contributed by atoms with Gasteiger partial charge in [-0.1, -0.05) is 24.3 Å². The van der Waals surface area contributed by atoms with Crippen molar-refractivity contribution in [3.8, 4) is 0 Å². The molecule has 2 aliphatic rings. The lowest BCUT2D eigenvalue weighted by molar-refractivity contribution is 0.416. The summed E-state index contributed by atoms with van der Waals surface area (Å²) in [5, 5.41) is 0. The normalized spacial score (nSPS) is 27.9. The van der Waals surface area contributed by atoms with Gasteiger partial charge in [-0.15, -0.1) is 0 Å². The van der Waals surface area contributed by atoms with Crippen molar-refractivity contribution in [3.63, 3.8) is 0 Å². The second-order valence-electron chi connectivity index (χ2n) is 4.31. The quantitative estimate of drug-likeness (QED) is 0.716. The molecule has 2 unspecified atom stereocenters. The van der Waals surface area contributed by atoms with Crippen LogP contribution in [0.15, 0.2) is 42.8 Å². The highest BCUT2D eigenvalue weighted by Crippen LogP contribution is 2.30. The van der Waals surface area contributed by atoms with Crippen LogP contribution in [0.5, 0.6) is 0 Å². The first kappa shape index (κ1) is 9.58. The number of hydrogen-bond donors (Lipinski definition) is 0. The lowest BCUT2D eigenvalue weighted by Crippen LogP contribution is -2.45. The van der Waals surface area contributed by atoms with Crippen molar-refractivity contribution in [2.45, 2.75) is 18.9 Å². The van der Waals surface area contributed by atoms with E-state index in [2.05, 4.69) is 39.2 Å². The molecule has 0 amide bonds. The van der Waals surface area contributed by atoms with Crippen LogP contribution in [-0.2, 0) is 0 Å². The van der Waals surface area contributed by atoms with Gasteiger partial charge in [-0.05, 0) is 18.9 Å². The molecule has 1 aliphatic heterocycles. The summed E-state index contributed by atoms with van der Waals surface area (Å²) in [7, 11) is 0. The van der Waals surface area contributed by atoms with Gasteiger partial charge in [-0.2, -0.15) is 0 Å². The molecule has 1 saturated heterocycles. The summed E-state index contributed by atoms with van der Waals surface area (Å²) in [6.07, 6.45) is 15.0. The zero-order valence-electron chi connectivity index (χ0n) is 9.16. The molecule has 0 N–H and O–H groups in total. The van der Waals surface area contributed by atoms with E-state index >= 15 is 0 Å². The Bertz CT molecular complexity index is 410. The Labute approximate surface area is 95.5 Å². The van der Waals surface area contributed by atoms with E-state index in [9.17, 15) is 0 Å². The molecule has 1 aromatic heterocycles. The number of aromatic nitrogens is 2. The molecule has 1 aliphatic carbocycles. The van der Waals surface area contributed by atoms with Gasteiger partial charge < -0.3 is 4.90 Å². The zero-order valence-corrected chi connectivity index (χ0v) is 9.16. The summed E-state index contributed by atoms with van der Waals surface area (Å²) >= 11 is 0. The molecule has 0 bridgehead atoms. The largest absolute Gasteiger partial charge is 0.334 e. The van der Waals surface area contributed by atoms with Crippen LogP contribution in [0.25, 0.3) is 0 Å². The van der Waals surface area contributed by atoms with Gasteiger partial charge in [0.05, 0.1) is 6.04 Å². The van der Waals surface area contributed by atoms with Crippen molar-refractivity contribution in [1.82, 2.24) is 9.97 Å². The van der Waals surface area contributed by atoms with Crippen LogP contribution >= 0.6 is 0 Å². The fourth-order valence-electron chi connectivity index (χ4n) is 2.56. The SMILES string of the molecule is C1=CC2CCCN(c3ncccn3)C2C=C1. The second-order valence-corrected chi connectivity index (χ2v) is 4.31. The van der Waals surface area contributed by atoms with Gasteiger partial charge in [0.1, 0.15) is 0 Å². The maximum absolute atomic E-state index is 4.35. The van der Waals surface area contributed by atoms with Gasteiger partial charge >= 0.3 is 0 Å². The molecule has 16 heavy (non-hydrogen) atoms. The molecule has 2 atom stereocenters. The molecule has 3 heteroatoms. The number of anilines is 1. The van der Waals surface area contributed by atoms with Gasteiger partial charge in [-0.3, -0.25) is 0 Å². The van der Waals surface area contributed by atoms with E-state index in [0.29, 0.717) is 12.0 Å². The van der Waals surface area contributed by atoms with E-state index in [1.54, 1.807) is 0 Å². The third-order valence-electron chi connectivity index (χ3n) is 3.32. The van der Waals surface area contributed by atoms with Gasteiger partial charge in [0.15, 0.2) is 0 Å². The van der Waals surface area contributed by atoms with Crippen LogP contribution in [0.4, 0.5) is 5.95 Å². The molecule has 3 rings (SSSR count). The van der Waals surface area contributed by atoms with Gasteiger partial charge in [0.2, 0.25) is 5.95 Å². The van der Waals surface area contributed by atoms with Crippen LogP contribution in [0.3, 0.4) is 0 Å². The smallest absolute Gasteiger partial charge is 0.225 e. The summed E-state index contributed by atoms with van der Waals surface area (Å²) in [5.74, 6) is 1.49. The minimum atomic E-state index is 0.446. The number of rotatable bonds is 1. The van der Waals surface area contributed by atoms with Crippen LogP contribution in [0.2, 0.25) is 0 Å². The van der Waals surface area contributed by atoms with Gasteiger partial charge in [-0.25, -0.2) is 9.97 Å². The standard InChI is InChI=1S/C13H15N3/c1-2-7-12-11(5-1)6-3-10-16(12)13-14-8-4-9-15-13/h1-2,4-5,7-9,11-12H,3,6,10H2. The molecule has 0 spiro atoms. The molecule has 82 valence electrons. The molecule has 1 aromatic rings. The fraction of sp³-hybridized carbons (Fsp3) is 0.385. The van der Waals surface area contributed by atoms with E-state index in [4.69, 9.17) is 0 Å². The van der Waals surface area contributed by atoms with Crippen LogP contribution in [-0.4, -0.2) is 22.6 Å². The lowest BCUT2D eigenvalue weighted by atomic mass is 9.86. The Morgan fingerprint density at radius 2 is 1.94 bits per heavy atom. The first-order valence-corrected chi connectivity index (χ1v) is 5.84. The maximum atomic E-state index is 4.35. The monoisotopic (exact) mass is 213 g/mol. The van der Waals surface area contributed by atoms with Crippen LogP contribution < -0.4 is 4.90 Å². The minimum Gasteiger partial charge on any atom is -0.334 e. The van der Waals surface area contributed by atoms with E-state index < -0.39 is 0 Å². The summed E-state index contributed by atoms with van der Waals surface area (Å²) in [4.78, 5) is 11.0. The second kappa shape index (κ2) is 4.08.